The van der Waals surface area contributed by atoms with Gasteiger partial charge in [-0.3, -0.25) is 0 Å². The second-order valence-electron chi connectivity index (χ2n) is 4.56. The van der Waals surface area contributed by atoms with Crippen LogP contribution in [0.3, 0.4) is 0 Å². The zero-order valence-electron chi connectivity index (χ0n) is 10.8. The van der Waals surface area contributed by atoms with Crippen molar-refractivity contribution in [3.05, 3.63) is 17.8 Å². The highest BCUT2D eigenvalue weighted by molar-refractivity contribution is 5.42. The Bertz CT molecular complexity index is 415. The van der Waals surface area contributed by atoms with Gasteiger partial charge in [0.15, 0.2) is 11.6 Å². The molecule has 1 aromatic heterocycles. The van der Waals surface area contributed by atoms with Crippen molar-refractivity contribution in [3.63, 3.8) is 0 Å². The Balaban J connectivity index is 2.24. The van der Waals surface area contributed by atoms with Gasteiger partial charge in [-0.15, -0.1) is 0 Å². The Labute approximate surface area is 106 Å². The second kappa shape index (κ2) is 5.58. The van der Waals surface area contributed by atoms with Gasteiger partial charge in [-0.1, -0.05) is 0 Å². The Morgan fingerprint density at radius 1 is 1.56 bits per heavy atom. The molecule has 2 N–H and O–H groups in total. The molecule has 0 spiro atoms. The van der Waals surface area contributed by atoms with Gasteiger partial charge in [0.2, 0.25) is 0 Å². The van der Waals surface area contributed by atoms with Crippen LogP contribution in [0.25, 0.3) is 0 Å². The normalized spacial score (nSPS) is 24.3. The number of ether oxygens (including phenoxy) is 1. The molecule has 1 saturated heterocycles. The van der Waals surface area contributed by atoms with E-state index in [1.807, 2.05) is 4.90 Å². The van der Waals surface area contributed by atoms with E-state index < -0.39 is 0 Å². The highest BCUT2D eigenvalue weighted by Crippen LogP contribution is 2.26. The molecule has 0 radical (unpaired) electrons. The summed E-state index contributed by atoms with van der Waals surface area (Å²) in [6.45, 7) is 2.80. The molecule has 1 fully saturated rings. The van der Waals surface area contributed by atoms with Gasteiger partial charge in [-0.25, -0.2) is 14.4 Å². The Morgan fingerprint density at radius 2 is 2.33 bits per heavy atom. The number of nitrogens with two attached hydrogens (primary N) is 1. The lowest BCUT2D eigenvalue weighted by molar-refractivity contribution is 0.0706. The summed E-state index contributed by atoms with van der Waals surface area (Å²) in [5.74, 6) is -0.000630. The monoisotopic (exact) mass is 254 g/mol. The van der Waals surface area contributed by atoms with E-state index in [-0.39, 0.29) is 18.0 Å². The first-order chi connectivity index (χ1) is 8.67. The van der Waals surface area contributed by atoms with Gasteiger partial charge >= 0.3 is 0 Å². The molecule has 2 heterocycles. The van der Waals surface area contributed by atoms with Gasteiger partial charge in [0.05, 0.1) is 11.8 Å². The largest absolute Gasteiger partial charge is 0.381 e. The van der Waals surface area contributed by atoms with Crippen molar-refractivity contribution < 1.29 is 9.13 Å². The number of aromatic nitrogens is 2. The third-order valence-electron chi connectivity index (χ3n) is 3.49. The number of halogens is 1. The van der Waals surface area contributed by atoms with Gasteiger partial charge < -0.3 is 15.4 Å². The quantitative estimate of drug-likeness (QED) is 0.867. The highest BCUT2D eigenvalue weighted by Gasteiger charge is 2.30. The van der Waals surface area contributed by atoms with Crippen LogP contribution in [-0.2, 0) is 4.74 Å². The first-order valence-corrected chi connectivity index (χ1v) is 6.14. The summed E-state index contributed by atoms with van der Waals surface area (Å²) in [5, 5.41) is 0. The molecule has 0 aromatic carbocycles. The molecule has 0 bridgehead atoms. The molecule has 2 unspecified atom stereocenters. The zero-order valence-corrected chi connectivity index (χ0v) is 10.8. The molecule has 100 valence electrons. The summed E-state index contributed by atoms with van der Waals surface area (Å²) < 4.78 is 19.4. The summed E-state index contributed by atoms with van der Waals surface area (Å²) in [6.07, 6.45) is 3.25. The number of rotatable bonds is 3. The third kappa shape index (κ3) is 2.44. The van der Waals surface area contributed by atoms with Crippen molar-refractivity contribution in [3.8, 4) is 0 Å². The average Bonchev–Trinajstić information content (AvgIpc) is 2.41. The maximum Gasteiger partial charge on any atom is 0.186 e. The predicted molar refractivity (Wildman–Crippen MR) is 66.9 cm³/mol. The van der Waals surface area contributed by atoms with E-state index >= 15 is 0 Å². The Morgan fingerprint density at radius 3 is 3.00 bits per heavy atom. The summed E-state index contributed by atoms with van der Waals surface area (Å²) in [4.78, 5) is 9.83. The summed E-state index contributed by atoms with van der Waals surface area (Å²) in [5.41, 5.74) is 6.14. The van der Waals surface area contributed by atoms with Gasteiger partial charge in [0, 0.05) is 26.2 Å². The van der Waals surface area contributed by atoms with E-state index in [9.17, 15) is 4.39 Å². The first-order valence-electron chi connectivity index (χ1n) is 6.14. The van der Waals surface area contributed by atoms with Crippen molar-refractivity contribution >= 4 is 5.82 Å². The fourth-order valence-corrected chi connectivity index (χ4v) is 2.38. The van der Waals surface area contributed by atoms with Crippen LogP contribution in [0.5, 0.6) is 0 Å². The number of nitrogens with zero attached hydrogens (tertiary/aromatic N) is 3. The Kier molecular flexibility index (Phi) is 4.08. The van der Waals surface area contributed by atoms with Gasteiger partial charge in [0.25, 0.3) is 0 Å². The number of piperidine rings is 1. The number of hydrogen-bond donors (Lipinski definition) is 1. The lowest BCUT2D eigenvalue weighted by Gasteiger charge is -2.39. The van der Waals surface area contributed by atoms with Gasteiger partial charge in [-0.2, -0.15) is 0 Å². The lowest BCUT2D eigenvalue weighted by atomic mass is 9.99. The molecular weight excluding hydrogens is 235 g/mol. The molecule has 1 aliphatic heterocycles. The maximum atomic E-state index is 14.0. The molecule has 18 heavy (non-hydrogen) atoms. The predicted octanol–water partition coefficient (Wildman–Crippen LogP) is 0.867. The molecule has 0 amide bonds. The maximum absolute atomic E-state index is 14.0. The highest BCUT2D eigenvalue weighted by atomic mass is 19.1. The van der Waals surface area contributed by atoms with E-state index in [0.29, 0.717) is 24.6 Å². The standard InChI is InChI=1S/C12H19FN4O/c1-8-11(13)12(16-7-15-8)17-4-3-10(18-2)5-9(17)6-14/h7,9-10H,3-6,14H2,1-2H3. The zero-order chi connectivity index (χ0) is 13.1. The SMILES string of the molecule is COC1CCN(c2ncnc(C)c2F)C(CN)C1. The van der Waals surface area contributed by atoms with Gasteiger partial charge in [-0.05, 0) is 19.8 Å². The van der Waals surface area contributed by atoms with Crippen LogP contribution in [0.2, 0.25) is 0 Å². The van der Waals surface area contributed by atoms with Crippen LogP contribution in [0, 0.1) is 12.7 Å². The van der Waals surface area contributed by atoms with Crippen LogP contribution in [0.4, 0.5) is 10.2 Å². The van der Waals surface area contributed by atoms with E-state index in [1.54, 1.807) is 14.0 Å². The molecule has 2 atom stereocenters. The van der Waals surface area contributed by atoms with Crippen LogP contribution >= 0.6 is 0 Å². The number of anilines is 1. The van der Waals surface area contributed by atoms with E-state index in [0.717, 1.165) is 12.8 Å². The summed E-state index contributed by atoms with van der Waals surface area (Å²) >= 11 is 0. The fraction of sp³-hybridized carbons (Fsp3) is 0.667. The summed E-state index contributed by atoms with van der Waals surface area (Å²) in [6, 6.07) is 0.0625. The van der Waals surface area contributed by atoms with Gasteiger partial charge in [0.1, 0.15) is 6.33 Å². The molecular formula is C12H19FN4O. The van der Waals surface area contributed by atoms with Crippen molar-refractivity contribution in [1.29, 1.82) is 0 Å². The Hall–Kier alpha value is -1.27. The minimum absolute atomic E-state index is 0.0625. The topological polar surface area (TPSA) is 64.3 Å². The molecule has 1 aromatic rings. The van der Waals surface area contributed by atoms with Crippen LogP contribution in [-0.4, -0.2) is 42.3 Å². The van der Waals surface area contributed by atoms with Crippen LogP contribution < -0.4 is 10.6 Å². The minimum atomic E-state index is -0.355. The van der Waals surface area contributed by atoms with Crippen LogP contribution in [0.1, 0.15) is 18.5 Å². The summed E-state index contributed by atoms with van der Waals surface area (Å²) in [7, 11) is 1.70. The molecule has 0 saturated carbocycles. The number of aryl methyl sites for hydroxylation is 1. The number of methoxy groups -OCH3 is 1. The van der Waals surface area contributed by atoms with Crippen molar-refractivity contribution in [2.45, 2.75) is 31.9 Å². The molecule has 6 heteroatoms. The molecule has 1 aliphatic rings. The van der Waals surface area contributed by atoms with Crippen molar-refractivity contribution in [2.75, 3.05) is 25.1 Å². The first kappa shape index (κ1) is 13.2. The molecule has 5 nitrogen and oxygen atoms in total. The van der Waals surface area contributed by atoms with E-state index in [2.05, 4.69) is 9.97 Å². The van der Waals surface area contributed by atoms with Crippen LogP contribution in [0.15, 0.2) is 6.33 Å². The smallest absolute Gasteiger partial charge is 0.186 e. The molecule has 2 rings (SSSR count). The second-order valence-corrected chi connectivity index (χ2v) is 4.56. The number of hydrogen-bond acceptors (Lipinski definition) is 5. The fourth-order valence-electron chi connectivity index (χ4n) is 2.38. The van der Waals surface area contributed by atoms with Crippen molar-refractivity contribution in [1.82, 2.24) is 9.97 Å². The van der Waals surface area contributed by atoms with E-state index in [1.165, 1.54) is 6.33 Å². The molecule has 0 aliphatic carbocycles. The third-order valence-corrected chi connectivity index (χ3v) is 3.49. The minimum Gasteiger partial charge on any atom is -0.381 e. The average molecular weight is 254 g/mol. The van der Waals surface area contributed by atoms with E-state index in [4.69, 9.17) is 10.5 Å². The lowest BCUT2D eigenvalue weighted by Crippen LogP contribution is -2.49. The van der Waals surface area contributed by atoms with Crippen molar-refractivity contribution in [2.24, 2.45) is 5.73 Å².